The van der Waals surface area contributed by atoms with Crippen molar-refractivity contribution in [2.24, 2.45) is 0 Å². The molecular formula is C79H150N2O7P+. The Kier molecular flexibility index (Phi) is 66.8. The molecule has 522 valence electrons. The first kappa shape index (κ1) is 86.7. The number of amides is 1. The van der Waals surface area contributed by atoms with Crippen LogP contribution in [0.2, 0.25) is 0 Å². The fourth-order valence-electron chi connectivity index (χ4n) is 11.5. The Labute approximate surface area is 553 Å². The number of esters is 1. The Morgan fingerprint density at radius 2 is 0.685 bits per heavy atom. The zero-order valence-electron chi connectivity index (χ0n) is 59.9. The largest absolute Gasteiger partial charge is 0.472 e. The predicted molar refractivity (Wildman–Crippen MR) is 388 cm³/mol. The second-order valence-electron chi connectivity index (χ2n) is 27.5. The van der Waals surface area contributed by atoms with Crippen LogP contribution in [0.5, 0.6) is 0 Å². The monoisotopic (exact) mass is 1270 g/mol. The molecule has 9 nitrogen and oxygen atoms in total. The maximum absolute atomic E-state index is 13.6. The number of likely N-dealkylation sites (N-methyl/N-ethyl adjacent to an activating group) is 1. The van der Waals surface area contributed by atoms with Crippen molar-refractivity contribution < 1.29 is 37.3 Å². The van der Waals surface area contributed by atoms with E-state index in [2.05, 4.69) is 74.7 Å². The summed E-state index contributed by atoms with van der Waals surface area (Å²) in [5, 5.41) is 3.08. The van der Waals surface area contributed by atoms with Gasteiger partial charge in [0.15, 0.2) is 0 Å². The molecule has 0 aromatic heterocycles. The van der Waals surface area contributed by atoms with Crippen LogP contribution in [0.15, 0.2) is 60.8 Å². The van der Waals surface area contributed by atoms with Gasteiger partial charge in [0.1, 0.15) is 19.3 Å². The number of unbranched alkanes of at least 4 members (excludes halogenated alkanes) is 47. The van der Waals surface area contributed by atoms with Crippen molar-refractivity contribution >= 4 is 19.7 Å². The van der Waals surface area contributed by atoms with Crippen molar-refractivity contribution in [3.8, 4) is 0 Å². The van der Waals surface area contributed by atoms with Crippen LogP contribution in [0, 0.1) is 0 Å². The molecule has 2 N–H and O–H groups in total. The van der Waals surface area contributed by atoms with Crippen molar-refractivity contribution in [2.75, 3.05) is 40.9 Å². The average Bonchev–Trinajstić information content (AvgIpc) is 3.71. The molecule has 0 rings (SSSR count). The van der Waals surface area contributed by atoms with E-state index in [4.69, 9.17) is 13.8 Å². The fraction of sp³-hybridized carbons (Fsp3) is 0.848. The SMILES string of the molecule is CCCCC/C=C\C/C=C\C/C=C\C/C=C\CCCCCCCCCCCCCC(=O)OC(/C=C/CCCCCCCCCCC)C(COP(=O)(O)OCC[N+](C)(C)C)NC(=O)CCCCCCCCCCCCCCCCCCCCCCCCCCC. The number of nitrogens with one attached hydrogen (secondary N) is 1. The predicted octanol–water partition coefficient (Wildman–Crippen LogP) is 24.9. The molecule has 0 spiro atoms. The lowest BCUT2D eigenvalue weighted by atomic mass is 10.0. The topological polar surface area (TPSA) is 111 Å². The van der Waals surface area contributed by atoms with Crippen LogP contribution >= 0.6 is 7.82 Å². The first-order valence-electron chi connectivity index (χ1n) is 38.6. The zero-order valence-corrected chi connectivity index (χ0v) is 60.8. The molecule has 89 heavy (non-hydrogen) atoms. The van der Waals surface area contributed by atoms with Gasteiger partial charge in [-0.1, -0.05) is 352 Å². The Balaban J connectivity index is 4.91. The summed E-state index contributed by atoms with van der Waals surface area (Å²) >= 11 is 0. The molecular weight excluding hydrogens is 1120 g/mol. The molecule has 0 heterocycles. The summed E-state index contributed by atoms with van der Waals surface area (Å²) in [5.41, 5.74) is 0. The van der Waals surface area contributed by atoms with Gasteiger partial charge in [-0.3, -0.25) is 18.6 Å². The van der Waals surface area contributed by atoms with Gasteiger partial charge in [-0.2, -0.15) is 0 Å². The van der Waals surface area contributed by atoms with E-state index in [-0.39, 0.29) is 31.5 Å². The lowest BCUT2D eigenvalue weighted by Gasteiger charge is -2.27. The van der Waals surface area contributed by atoms with E-state index in [1.807, 2.05) is 33.3 Å². The molecule has 0 aliphatic rings. The molecule has 0 aromatic rings. The zero-order chi connectivity index (χ0) is 64.9. The van der Waals surface area contributed by atoms with Gasteiger partial charge in [0.25, 0.3) is 0 Å². The van der Waals surface area contributed by atoms with Crippen molar-refractivity contribution in [1.29, 1.82) is 0 Å². The van der Waals surface area contributed by atoms with Gasteiger partial charge in [-0.15, -0.1) is 0 Å². The highest BCUT2D eigenvalue weighted by atomic mass is 31.2. The molecule has 0 saturated carbocycles. The average molecular weight is 1270 g/mol. The van der Waals surface area contributed by atoms with Crippen LogP contribution in [0.1, 0.15) is 380 Å². The van der Waals surface area contributed by atoms with Gasteiger partial charge in [-0.25, -0.2) is 4.57 Å². The van der Waals surface area contributed by atoms with Gasteiger partial charge >= 0.3 is 13.8 Å². The summed E-state index contributed by atoms with van der Waals surface area (Å²) in [7, 11) is 1.51. The minimum absolute atomic E-state index is 0.0409. The van der Waals surface area contributed by atoms with Crippen molar-refractivity contribution in [3.63, 3.8) is 0 Å². The summed E-state index contributed by atoms with van der Waals surface area (Å²) in [6.07, 6.45) is 89.7. The standard InChI is InChI=1S/C79H149N2O7P/c1-7-10-13-16-19-22-25-27-29-31-33-35-37-39-40-42-44-46-48-50-52-54-57-60-63-66-69-72-79(83)88-77(70-67-64-61-58-55-24-21-18-15-12-9-3)76(75-87-89(84,85)86-74-73-81(4,5)6)80-78(82)71-68-65-62-59-56-53-51-49-47-45-43-41-38-36-34-32-30-28-26-23-20-17-14-11-8-2/h19,22,27,29,33,35,39-40,67,70,76-77H,7-18,20-21,23-26,28,30-32,34,36-38,41-66,68-69,71-75H2,1-6H3,(H-,80,82,84,85)/p+1/b22-19-,29-27-,35-33-,40-39-,70-67+. The highest BCUT2D eigenvalue weighted by Crippen LogP contribution is 2.43. The molecule has 0 aromatic carbocycles. The number of hydrogen-bond acceptors (Lipinski definition) is 6. The number of allylic oxidation sites excluding steroid dienone is 9. The molecule has 1 amide bonds. The van der Waals surface area contributed by atoms with Crippen LogP contribution in [0.3, 0.4) is 0 Å². The summed E-state index contributed by atoms with van der Waals surface area (Å²) in [6.45, 7) is 7.04. The Hall–Kier alpha value is -2.29. The molecule has 3 atom stereocenters. The lowest BCUT2D eigenvalue weighted by Crippen LogP contribution is -2.47. The smallest absolute Gasteiger partial charge is 0.456 e. The maximum Gasteiger partial charge on any atom is 0.472 e. The third kappa shape index (κ3) is 69.9. The Morgan fingerprint density at radius 3 is 1.04 bits per heavy atom. The van der Waals surface area contributed by atoms with E-state index in [9.17, 15) is 19.0 Å². The number of hydrogen-bond donors (Lipinski definition) is 2. The number of carbonyl (C=O) groups excluding carboxylic acids is 2. The highest BCUT2D eigenvalue weighted by Gasteiger charge is 2.30. The Bertz CT molecular complexity index is 1700. The number of carbonyl (C=O) groups is 2. The number of nitrogens with zero attached hydrogens (tertiary/aromatic N) is 1. The van der Waals surface area contributed by atoms with Crippen LogP contribution < -0.4 is 5.32 Å². The maximum atomic E-state index is 13.6. The van der Waals surface area contributed by atoms with Crippen LogP contribution in [0.4, 0.5) is 0 Å². The highest BCUT2D eigenvalue weighted by molar-refractivity contribution is 7.47. The lowest BCUT2D eigenvalue weighted by molar-refractivity contribution is -0.870. The van der Waals surface area contributed by atoms with E-state index in [0.717, 1.165) is 77.0 Å². The molecule has 0 radical (unpaired) electrons. The van der Waals surface area contributed by atoms with Crippen molar-refractivity contribution in [2.45, 2.75) is 392 Å². The second-order valence-corrected chi connectivity index (χ2v) is 29.0. The summed E-state index contributed by atoms with van der Waals surface area (Å²) in [5.74, 6) is -0.491. The van der Waals surface area contributed by atoms with Crippen molar-refractivity contribution in [1.82, 2.24) is 5.32 Å². The number of rotatable bonds is 71. The number of phosphoric acid groups is 1. The van der Waals surface area contributed by atoms with Crippen LogP contribution in [-0.2, 0) is 27.9 Å². The normalized spacial score (nSPS) is 13.7. The fourth-order valence-corrected chi connectivity index (χ4v) is 12.3. The molecule has 0 fully saturated rings. The molecule has 3 unspecified atom stereocenters. The minimum Gasteiger partial charge on any atom is -0.456 e. The van der Waals surface area contributed by atoms with Gasteiger partial charge in [0, 0.05) is 12.8 Å². The van der Waals surface area contributed by atoms with Crippen LogP contribution in [0.25, 0.3) is 0 Å². The first-order valence-corrected chi connectivity index (χ1v) is 40.1. The van der Waals surface area contributed by atoms with Gasteiger partial charge < -0.3 is 19.4 Å². The third-order valence-electron chi connectivity index (χ3n) is 17.5. The first-order chi connectivity index (χ1) is 43.4. The van der Waals surface area contributed by atoms with Gasteiger partial charge in [-0.05, 0) is 76.7 Å². The molecule has 0 aliphatic carbocycles. The summed E-state index contributed by atoms with van der Waals surface area (Å²) in [6, 6.07) is -0.849. The van der Waals surface area contributed by atoms with Gasteiger partial charge in [0.2, 0.25) is 5.91 Å². The van der Waals surface area contributed by atoms with Gasteiger partial charge in [0.05, 0.1) is 33.8 Å². The molecule has 0 aliphatic heterocycles. The molecule has 10 heteroatoms. The number of quaternary nitrogens is 1. The summed E-state index contributed by atoms with van der Waals surface area (Å²) < 4.78 is 30.9. The van der Waals surface area contributed by atoms with E-state index in [0.29, 0.717) is 17.4 Å². The molecule has 0 bridgehead atoms. The third-order valence-corrected chi connectivity index (χ3v) is 18.4. The van der Waals surface area contributed by atoms with E-state index < -0.39 is 20.0 Å². The number of phosphoric ester groups is 1. The van der Waals surface area contributed by atoms with E-state index >= 15 is 0 Å². The minimum atomic E-state index is -4.46. The molecule has 0 saturated heterocycles. The van der Waals surface area contributed by atoms with Crippen molar-refractivity contribution in [3.05, 3.63) is 60.8 Å². The van der Waals surface area contributed by atoms with Crippen LogP contribution in [-0.4, -0.2) is 74.3 Å². The number of ether oxygens (including phenoxy) is 1. The Morgan fingerprint density at radius 1 is 0.393 bits per heavy atom. The quantitative estimate of drug-likeness (QED) is 0.0205. The summed E-state index contributed by atoms with van der Waals surface area (Å²) in [4.78, 5) is 38.0. The van der Waals surface area contributed by atoms with E-state index in [1.54, 1.807) is 0 Å². The second kappa shape index (κ2) is 68.6. The van der Waals surface area contributed by atoms with E-state index in [1.165, 1.54) is 270 Å².